The van der Waals surface area contributed by atoms with Crippen molar-refractivity contribution in [2.45, 2.75) is 59.4 Å². The van der Waals surface area contributed by atoms with Gasteiger partial charge in [-0.1, -0.05) is 32.9 Å². The molecule has 120 valence electrons. The van der Waals surface area contributed by atoms with Crippen molar-refractivity contribution in [1.29, 1.82) is 0 Å². The molecule has 7 heteroatoms. The molecule has 0 aromatic carbocycles. The number of hydrogen-bond donors (Lipinski definition) is 1. The molecule has 0 atom stereocenters. The van der Waals surface area contributed by atoms with Crippen LogP contribution in [-0.2, 0) is 11.8 Å². The molecule has 0 saturated heterocycles. The fraction of sp³-hybridized carbons (Fsp3) is 0.600. The minimum absolute atomic E-state index is 0.0233. The van der Waals surface area contributed by atoms with Gasteiger partial charge in [-0.05, 0) is 20.3 Å². The van der Waals surface area contributed by atoms with Gasteiger partial charge in [-0.2, -0.15) is 5.10 Å². The monoisotopic (exact) mass is 305 g/mol. The Morgan fingerprint density at radius 2 is 2.00 bits per heavy atom. The molecule has 2 rings (SSSR count). The molecule has 0 saturated carbocycles. The van der Waals surface area contributed by atoms with Gasteiger partial charge >= 0.3 is 0 Å². The van der Waals surface area contributed by atoms with E-state index in [0.717, 1.165) is 5.76 Å². The Hall–Kier alpha value is -2.18. The molecule has 0 aliphatic rings. The van der Waals surface area contributed by atoms with Gasteiger partial charge in [0.25, 0.3) is 0 Å². The van der Waals surface area contributed by atoms with Crippen molar-refractivity contribution in [3.8, 4) is 5.88 Å². The zero-order chi connectivity index (χ0) is 16.5. The maximum absolute atomic E-state index is 10.2. The van der Waals surface area contributed by atoms with Crippen molar-refractivity contribution in [1.82, 2.24) is 14.9 Å². The largest absolute Gasteiger partial charge is 0.492 e. The summed E-state index contributed by atoms with van der Waals surface area (Å²) in [5.74, 6) is 1.14. The molecule has 22 heavy (non-hydrogen) atoms. The Kier molecular flexibility index (Phi) is 4.35. The third kappa shape index (κ3) is 3.18. The van der Waals surface area contributed by atoms with E-state index in [-0.39, 0.29) is 17.3 Å². The Morgan fingerprint density at radius 3 is 2.50 bits per heavy atom. The first-order chi connectivity index (χ1) is 10.2. The van der Waals surface area contributed by atoms with E-state index in [0.29, 0.717) is 23.6 Å². The summed E-state index contributed by atoms with van der Waals surface area (Å²) in [5.41, 5.74) is 0.950. The van der Waals surface area contributed by atoms with Gasteiger partial charge in [0.15, 0.2) is 5.69 Å². The number of aromatic hydroxyl groups is 1. The van der Waals surface area contributed by atoms with Crippen LogP contribution >= 0.6 is 0 Å². The number of aryl methyl sites for hydroxylation is 1. The molecule has 0 amide bonds. The van der Waals surface area contributed by atoms with Crippen molar-refractivity contribution in [2.75, 3.05) is 0 Å². The highest BCUT2D eigenvalue weighted by molar-refractivity contribution is 5.51. The van der Waals surface area contributed by atoms with E-state index in [4.69, 9.17) is 4.52 Å². The summed E-state index contributed by atoms with van der Waals surface area (Å²) in [5, 5.41) is 26.6. The molecule has 0 unspecified atom stereocenters. The standard InChI is InChI=1S/C15H23N5O2/c1-7-10-13(14(21)20(18-10)9(2)3)17-16-12-8-11(22-19-12)15(4,5)6/h8-9,21H,7H2,1-6H3/b17-16+. The smallest absolute Gasteiger partial charge is 0.238 e. The first-order valence-electron chi connectivity index (χ1n) is 7.43. The lowest BCUT2D eigenvalue weighted by Gasteiger charge is -2.11. The van der Waals surface area contributed by atoms with Crippen LogP contribution < -0.4 is 0 Å². The molecule has 2 aromatic heterocycles. The predicted octanol–water partition coefficient (Wildman–Crippen LogP) is 4.43. The average Bonchev–Trinajstić information content (AvgIpc) is 3.00. The third-order valence-corrected chi connectivity index (χ3v) is 3.24. The number of aromatic nitrogens is 3. The average molecular weight is 305 g/mol. The van der Waals surface area contributed by atoms with E-state index in [1.165, 1.54) is 4.68 Å². The van der Waals surface area contributed by atoms with Crippen LogP contribution in [0, 0.1) is 0 Å². The summed E-state index contributed by atoms with van der Waals surface area (Å²) in [6, 6.07) is 1.80. The summed E-state index contributed by atoms with van der Waals surface area (Å²) in [6.45, 7) is 11.9. The third-order valence-electron chi connectivity index (χ3n) is 3.24. The van der Waals surface area contributed by atoms with E-state index in [1.807, 2.05) is 41.5 Å². The summed E-state index contributed by atoms with van der Waals surface area (Å²) < 4.78 is 6.80. The van der Waals surface area contributed by atoms with Gasteiger partial charge in [0.05, 0.1) is 11.7 Å². The highest BCUT2D eigenvalue weighted by atomic mass is 16.5. The lowest BCUT2D eigenvalue weighted by atomic mass is 9.93. The van der Waals surface area contributed by atoms with Crippen LogP contribution in [0.4, 0.5) is 11.5 Å². The van der Waals surface area contributed by atoms with Gasteiger partial charge in [-0.15, -0.1) is 10.2 Å². The van der Waals surface area contributed by atoms with Gasteiger partial charge in [0, 0.05) is 11.5 Å². The van der Waals surface area contributed by atoms with Crippen molar-refractivity contribution in [3.05, 3.63) is 17.5 Å². The minimum atomic E-state index is -0.139. The lowest BCUT2D eigenvalue weighted by Crippen LogP contribution is -2.08. The second-order valence-electron chi connectivity index (χ2n) is 6.51. The number of azo groups is 1. The fourth-order valence-electron chi connectivity index (χ4n) is 1.93. The van der Waals surface area contributed by atoms with Crippen molar-refractivity contribution in [3.63, 3.8) is 0 Å². The van der Waals surface area contributed by atoms with Gasteiger partial charge < -0.3 is 9.63 Å². The van der Waals surface area contributed by atoms with E-state index < -0.39 is 0 Å². The Bertz CT molecular complexity index is 677. The van der Waals surface area contributed by atoms with Crippen LogP contribution in [0.15, 0.2) is 20.8 Å². The number of nitrogens with zero attached hydrogens (tertiary/aromatic N) is 5. The van der Waals surface area contributed by atoms with E-state index in [2.05, 4.69) is 20.5 Å². The molecule has 0 aliphatic carbocycles. The molecule has 0 bridgehead atoms. The highest BCUT2D eigenvalue weighted by Crippen LogP contribution is 2.34. The van der Waals surface area contributed by atoms with E-state index in [1.54, 1.807) is 6.07 Å². The molecule has 0 spiro atoms. The Morgan fingerprint density at radius 1 is 1.32 bits per heavy atom. The summed E-state index contributed by atoms with van der Waals surface area (Å²) >= 11 is 0. The minimum Gasteiger partial charge on any atom is -0.492 e. The van der Waals surface area contributed by atoms with Gasteiger partial charge in [0.1, 0.15) is 5.76 Å². The molecule has 2 aromatic rings. The van der Waals surface area contributed by atoms with Crippen molar-refractivity contribution < 1.29 is 9.63 Å². The Balaban J connectivity index is 2.32. The molecule has 1 N–H and O–H groups in total. The van der Waals surface area contributed by atoms with Crippen molar-refractivity contribution >= 4 is 11.5 Å². The molecular formula is C15H23N5O2. The zero-order valence-electron chi connectivity index (χ0n) is 14.0. The molecular weight excluding hydrogens is 282 g/mol. The SMILES string of the molecule is CCc1nn(C(C)C)c(O)c1/N=N/c1cc(C(C)(C)C)on1. The zero-order valence-corrected chi connectivity index (χ0v) is 14.0. The second kappa shape index (κ2) is 5.90. The van der Waals surface area contributed by atoms with Gasteiger partial charge in [-0.3, -0.25) is 0 Å². The second-order valence-corrected chi connectivity index (χ2v) is 6.51. The lowest BCUT2D eigenvalue weighted by molar-refractivity contribution is 0.330. The first kappa shape index (κ1) is 16.2. The van der Waals surface area contributed by atoms with Crippen molar-refractivity contribution in [2.24, 2.45) is 10.2 Å². The van der Waals surface area contributed by atoms with Gasteiger partial charge in [-0.25, -0.2) is 4.68 Å². The van der Waals surface area contributed by atoms with Crippen LogP contribution in [0.25, 0.3) is 0 Å². The summed E-state index contributed by atoms with van der Waals surface area (Å²) in [7, 11) is 0. The molecule has 2 heterocycles. The molecule has 7 nitrogen and oxygen atoms in total. The normalized spacial score (nSPS) is 12.7. The molecule has 0 aliphatic heterocycles. The van der Waals surface area contributed by atoms with E-state index >= 15 is 0 Å². The van der Waals surface area contributed by atoms with Crippen LogP contribution in [0.1, 0.15) is 59.0 Å². The number of hydrogen-bond acceptors (Lipinski definition) is 6. The van der Waals surface area contributed by atoms with E-state index in [9.17, 15) is 5.11 Å². The summed E-state index contributed by atoms with van der Waals surface area (Å²) in [4.78, 5) is 0. The topological polar surface area (TPSA) is 88.8 Å². The summed E-state index contributed by atoms with van der Waals surface area (Å²) in [6.07, 6.45) is 0.660. The molecule has 0 fully saturated rings. The highest BCUT2D eigenvalue weighted by Gasteiger charge is 2.20. The van der Waals surface area contributed by atoms with Crippen LogP contribution in [0.5, 0.6) is 5.88 Å². The maximum Gasteiger partial charge on any atom is 0.238 e. The fourth-order valence-corrected chi connectivity index (χ4v) is 1.93. The molecule has 0 radical (unpaired) electrons. The van der Waals surface area contributed by atoms with Crippen LogP contribution in [-0.4, -0.2) is 20.0 Å². The maximum atomic E-state index is 10.2. The quantitative estimate of drug-likeness (QED) is 0.846. The predicted molar refractivity (Wildman–Crippen MR) is 83.0 cm³/mol. The number of rotatable bonds is 4. The van der Waals surface area contributed by atoms with Crippen LogP contribution in [0.2, 0.25) is 0 Å². The first-order valence-corrected chi connectivity index (χ1v) is 7.43. The Labute approximate surface area is 130 Å². The van der Waals surface area contributed by atoms with Crippen LogP contribution in [0.3, 0.4) is 0 Å². The van der Waals surface area contributed by atoms with Gasteiger partial charge in [0.2, 0.25) is 11.7 Å².